The summed E-state index contributed by atoms with van der Waals surface area (Å²) in [7, 11) is 0. The first-order valence-electron chi connectivity index (χ1n) is 8.25. The second-order valence-electron chi connectivity index (χ2n) is 6.30. The number of aliphatic hydroxyl groups is 1. The number of rotatable bonds is 3. The van der Waals surface area contributed by atoms with E-state index in [2.05, 4.69) is 16.5 Å². The van der Waals surface area contributed by atoms with E-state index in [4.69, 9.17) is 4.74 Å². The predicted molar refractivity (Wildman–Crippen MR) is 81.5 cm³/mol. The van der Waals surface area contributed by atoms with Gasteiger partial charge in [0, 0.05) is 58.0 Å². The Hall–Kier alpha value is -1.40. The summed E-state index contributed by atoms with van der Waals surface area (Å²) in [5.41, 5.74) is -1.23. The molecule has 1 atom stereocenters. The first-order chi connectivity index (χ1) is 10.6. The van der Waals surface area contributed by atoms with Gasteiger partial charge in [0.25, 0.3) is 5.91 Å². The molecule has 1 aromatic heterocycles. The highest BCUT2D eigenvalue weighted by molar-refractivity contribution is 5.85. The van der Waals surface area contributed by atoms with Crippen LogP contribution in [0.2, 0.25) is 0 Å². The Morgan fingerprint density at radius 1 is 1.50 bits per heavy atom. The second-order valence-corrected chi connectivity index (χ2v) is 6.30. The molecule has 6 heteroatoms. The highest BCUT2D eigenvalue weighted by Crippen LogP contribution is 2.28. The summed E-state index contributed by atoms with van der Waals surface area (Å²) < 4.78 is 7.46. The van der Waals surface area contributed by atoms with Gasteiger partial charge in [-0.25, -0.2) is 4.98 Å². The van der Waals surface area contributed by atoms with E-state index in [0.717, 1.165) is 31.6 Å². The number of carbonyl (C=O) groups excluding carboxylic acids is 1. The van der Waals surface area contributed by atoms with Crippen LogP contribution in [0.5, 0.6) is 0 Å². The number of aromatic nitrogens is 2. The van der Waals surface area contributed by atoms with Crippen molar-refractivity contribution >= 4 is 5.91 Å². The molecule has 0 aromatic carbocycles. The Morgan fingerprint density at radius 2 is 2.27 bits per heavy atom. The number of carbonyl (C=O) groups is 1. The fourth-order valence-corrected chi connectivity index (χ4v) is 3.53. The number of likely N-dealkylation sites (tertiary alicyclic amines) is 1. The molecule has 2 aliphatic rings. The zero-order valence-electron chi connectivity index (χ0n) is 13.2. The van der Waals surface area contributed by atoms with Crippen LogP contribution in [0.15, 0.2) is 12.4 Å². The zero-order chi connectivity index (χ0) is 15.6. The highest BCUT2D eigenvalue weighted by atomic mass is 16.5. The van der Waals surface area contributed by atoms with Crippen LogP contribution in [-0.2, 0) is 16.0 Å². The van der Waals surface area contributed by atoms with E-state index in [9.17, 15) is 9.90 Å². The molecule has 0 aliphatic carbocycles. The molecule has 0 spiro atoms. The summed E-state index contributed by atoms with van der Waals surface area (Å²) in [6.45, 7) is 4.40. The number of piperidine rings is 1. The topological polar surface area (TPSA) is 67.6 Å². The van der Waals surface area contributed by atoms with Crippen LogP contribution < -0.4 is 0 Å². The molecular weight excluding hydrogens is 282 g/mol. The summed E-state index contributed by atoms with van der Waals surface area (Å²) in [6, 6.07) is 0.263. The molecule has 1 amide bonds. The number of hydrogen-bond acceptors (Lipinski definition) is 4. The average Bonchev–Trinajstić information content (AvgIpc) is 3.03. The van der Waals surface area contributed by atoms with Crippen LogP contribution >= 0.6 is 0 Å². The van der Waals surface area contributed by atoms with E-state index in [1.54, 1.807) is 0 Å². The standard InChI is InChI=1S/C16H25N3O3/c1-2-14-17-7-9-19(14)13-4-3-8-18(12-13)15(20)16(21)5-10-22-11-6-16/h7,9,13,21H,2-6,8,10-12H2,1H3. The number of imidazole rings is 1. The van der Waals surface area contributed by atoms with Crippen molar-refractivity contribution < 1.29 is 14.6 Å². The molecule has 22 heavy (non-hydrogen) atoms. The lowest BCUT2D eigenvalue weighted by atomic mass is 9.91. The van der Waals surface area contributed by atoms with Crippen LogP contribution in [-0.4, -0.2) is 57.4 Å². The van der Waals surface area contributed by atoms with Gasteiger partial charge in [-0.05, 0) is 12.8 Å². The molecule has 2 fully saturated rings. The third kappa shape index (κ3) is 2.90. The van der Waals surface area contributed by atoms with E-state index < -0.39 is 5.60 Å². The van der Waals surface area contributed by atoms with Gasteiger partial charge in [0.2, 0.25) is 0 Å². The Morgan fingerprint density at radius 3 is 3.00 bits per heavy atom. The molecule has 3 heterocycles. The van der Waals surface area contributed by atoms with E-state index in [1.807, 2.05) is 17.3 Å². The van der Waals surface area contributed by atoms with Crippen LogP contribution in [0.4, 0.5) is 0 Å². The lowest BCUT2D eigenvalue weighted by Crippen LogP contribution is -2.54. The van der Waals surface area contributed by atoms with Gasteiger partial charge in [-0.3, -0.25) is 4.79 Å². The number of nitrogens with zero attached hydrogens (tertiary/aromatic N) is 3. The third-order valence-electron chi connectivity index (χ3n) is 4.86. The summed E-state index contributed by atoms with van der Waals surface area (Å²) >= 11 is 0. The Bertz CT molecular complexity index is 522. The van der Waals surface area contributed by atoms with Gasteiger partial charge in [-0.2, -0.15) is 0 Å². The van der Waals surface area contributed by atoms with E-state index >= 15 is 0 Å². The maximum absolute atomic E-state index is 12.7. The molecular formula is C16H25N3O3. The van der Waals surface area contributed by atoms with Gasteiger partial charge >= 0.3 is 0 Å². The Labute approximate surface area is 131 Å². The van der Waals surface area contributed by atoms with Crippen molar-refractivity contribution in [1.82, 2.24) is 14.5 Å². The van der Waals surface area contributed by atoms with Gasteiger partial charge in [0.1, 0.15) is 11.4 Å². The van der Waals surface area contributed by atoms with Crippen molar-refractivity contribution in [1.29, 1.82) is 0 Å². The molecule has 1 unspecified atom stereocenters. The zero-order valence-corrected chi connectivity index (χ0v) is 13.2. The monoisotopic (exact) mass is 307 g/mol. The predicted octanol–water partition coefficient (Wildman–Crippen LogP) is 1.15. The van der Waals surface area contributed by atoms with E-state index in [-0.39, 0.29) is 11.9 Å². The molecule has 6 nitrogen and oxygen atoms in total. The third-order valence-corrected chi connectivity index (χ3v) is 4.86. The van der Waals surface area contributed by atoms with Gasteiger partial charge in [0.05, 0.1) is 6.04 Å². The van der Waals surface area contributed by atoms with Crippen LogP contribution in [0, 0.1) is 0 Å². The quantitative estimate of drug-likeness (QED) is 0.909. The second kappa shape index (κ2) is 6.38. The lowest BCUT2D eigenvalue weighted by molar-refractivity contribution is -0.162. The smallest absolute Gasteiger partial charge is 0.254 e. The minimum atomic E-state index is -1.23. The molecule has 2 saturated heterocycles. The Balaban J connectivity index is 1.71. The normalized spacial score (nSPS) is 25.2. The van der Waals surface area contributed by atoms with Crippen molar-refractivity contribution in [2.75, 3.05) is 26.3 Å². The summed E-state index contributed by atoms with van der Waals surface area (Å²) in [5, 5.41) is 10.6. The molecule has 122 valence electrons. The molecule has 1 aromatic rings. The van der Waals surface area contributed by atoms with Gasteiger partial charge in [-0.15, -0.1) is 0 Å². The largest absolute Gasteiger partial charge is 0.381 e. The number of hydrogen-bond donors (Lipinski definition) is 1. The first kappa shape index (κ1) is 15.5. The summed E-state index contributed by atoms with van der Waals surface area (Å²) in [5.74, 6) is 0.933. The molecule has 0 radical (unpaired) electrons. The number of aryl methyl sites for hydroxylation is 1. The first-order valence-corrected chi connectivity index (χ1v) is 8.25. The lowest BCUT2D eigenvalue weighted by Gasteiger charge is -2.40. The van der Waals surface area contributed by atoms with Gasteiger partial charge in [-0.1, -0.05) is 6.92 Å². The van der Waals surface area contributed by atoms with Crippen LogP contribution in [0.3, 0.4) is 0 Å². The fourth-order valence-electron chi connectivity index (χ4n) is 3.53. The van der Waals surface area contributed by atoms with E-state index in [0.29, 0.717) is 32.6 Å². The van der Waals surface area contributed by atoms with E-state index in [1.165, 1.54) is 0 Å². The minimum absolute atomic E-state index is 0.126. The van der Waals surface area contributed by atoms with Crippen molar-refractivity contribution in [3.05, 3.63) is 18.2 Å². The van der Waals surface area contributed by atoms with Crippen molar-refractivity contribution in [3.8, 4) is 0 Å². The molecule has 3 rings (SSSR count). The van der Waals surface area contributed by atoms with Gasteiger partial charge < -0.3 is 19.3 Å². The molecule has 0 saturated carbocycles. The van der Waals surface area contributed by atoms with Crippen molar-refractivity contribution in [2.45, 2.75) is 50.7 Å². The van der Waals surface area contributed by atoms with Gasteiger partial charge in [0.15, 0.2) is 0 Å². The van der Waals surface area contributed by atoms with Crippen molar-refractivity contribution in [2.24, 2.45) is 0 Å². The average molecular weight is 307 g/mol. The number of amides is 1. The van der Waals surface area contributed by atoms with Crippen LogP contribution in [0.1, 0.15) is 44.5 Å². The molecule has 1 N–H and O–H groups in total. The highest BCUT2D eigenvalue weighted by Gasteiger charge is 2.41. The SMILES string of the molecule is CCc1nccn1C1CCCN(C(=O)C2(O)CCOCC2)C1. The Kier molecular flexibility index (Phi) is 4.49. The van der Waals surface area contributed by atoms with Crippen molar-refractivity contribution in [3.63, 3.8) is 0 Å². The summed E-state index contributed by atoms with van der Waals surface area (Å²) in [4.78, 5) is 18.9. The molecule has 2 aliphatic heterocycles. The fraction of sp³-hybridized carbons (Fsp3) is 0.750. The maximum Gasteiger partial charge on any atom is 0.254 e. The minimum Gasteiger partial charge on any atom is -0.381 e. The van der Waals surface area contributed by atoms with Crippen LogP contribution in [0.25, 0.3) is 0 Å². The number of ether oxygens (including phenoxy) is 1. The maximum atomic E-state index is 12.7. The molecule has 0 bridgehead atoms. The summed E-state index contributed by atoms with van der Waals surface area (Å²) in [6.07, 6.45) is 7.53.